The lowest BCUT2D eigenvalue weighted by Crippen LogP contribution is -2.09. The van der Waals surface area contributed by atoms with Gasteiger partial charge in [-0.15, -0.1) is 0 Å². The Morgan fingerprint density at radius 3 is 2.76 bits per heavy atom. The van der Waals surface area contributed by atoms with Crippen molar-refractivity contribution in [3.63, 3.8) is 0 Å². The van der Waals surface area contributed by atoms with Crippen LogP contribution < -0.4 is 5.73 Å². The number of rotatable bonds is 5. The van der Waals surface area contributed by atoms with E-state index in [0.29, 0.717) is 0 Å². The van der Waals surface area contributed by atoms with E-state index >= 15 is 0 Å². The van der Waals surface area contributed by atoms with Gasteiger partial charge in [-0.3, -0.25) is 0 Å². The summed E-state index contributed by atoms with van der Waals surface area (Å²) in [7, 11) is 2.09. The van der Waals surface area contributed by atoms with Gasteiger partial charge in [-0.1, -0.05) is 44.4 Å². The maximum Gasteiger partial charge on any atom is 0.0481 e. The topological polar surface area (TPSA) is 30.9 Å². The average Bonchev–Trinajstić information content (AvgIpc) is 2.68. The fraction of sp³-hybridized carbons (Fsp3) is 0.467. The normalized spacial score (nSPS) is 13.1. The Kier molecular flexibility index (Phi) is 3.85. The molecule has 1 aromatic carbocycles. The van der Waals surface area contributed by atoms with Crippen LogP contribution in [0.3, 0.4) is 0 Å². The predicted molar refractivity (Wildman–Crippen MR) is 74.0 cm³/mol. The number of para-hydroxylation sites is 1. The molecule has 1 aromatic heterocycles. The highest BCUT2D eigenvalue weighted by atomic mass is 14.9. The maximum atomic E-state index is 6.30. The van der Waals surface area contributed by atoms with E-state index < -0.39 is 0 Å². The number of nitrogens with zero attached hydrogens (tertiary/aromatic N) is 1. The summed E-state index contributed by atoms with van der Waals surface area (Å²) in [6, 6.07) is 8.66. The number of nitrogens with two attached hydrogens (primary N) is 1. The zero-order chi connectivity index (χ0) is 12.3. The van der Waals surface area contributed by atoms with Crippen LogP contribution >= 0.6 is 0 Å². The SMILES string of the molecule is CCCCC[C@@H](N)c1cn(C)c2ccccc12. The molecule has 0 fully saturated rings. The van der Waals surface area contributed by atoms with Gasteiger partial charge >= 0.3 is 0 Å². The molecular formula is C15H22N2. The summed E-state index contributed by atoms with van der Waals surface area (Å²) >= 11 is 0. The van der Waals surface area contributed by atoms with Crippen molar-refractivity contribution in [3.8, 4) is 0 Å². The number of aryl methyl sites for hydroxylation is 1. The maximum absolute atomic E-state index is 6.30. The Hall–Kier alpha value is -1.28. The molecular weight excluding hydrogens is 208 g/mol. The number of benzene rings is 1. The Morgan fingerprint density at radius 1 is 1.24 bits per heavy atom. The zero-order valence-electron chi connectivity index (χ0n) is 10.8. The number of unbranched alkanes of at least 4 members (excludes halogenated alkanes) is 2. The van der Waals surface area contributed by atoms with Crippen molar-refractivity contribution >= 4 is 10.9 Å². The minimum atomic E-state index is 0.174. The van der Waals surface area contributed by atoms with Gasteiger partial charge < -0.3 is 10.3 Å². The molecule has 0 unspecified atom stereocenters. The molecule has 0 radical (unpaired) electrons. The van der Waals surface area contributed by atoms with Crippen LogP contribution in [0.2, 0.25) is 0 Å². The van der Waals surface area contributed by atoms with Gasteiger partial charge in [-0.05, 0) is 18.1 Å². The summed E-state index contributed by atoms with van der Waals surface area (Å²) in [5.41, 5.74) is 8.86. The number of hydrogen-bond donors (Lipinski definition) is 1. The van der Waals surface area contributed by atoms with Crippen LogP contribution in [-0.2, 0) is 7.05 Å². The summed E-state index contributed by atoms with van der Waals surface area (Å²) in [6.07, 6.45) is 7.02. The molecule has 2 nitrogen and oxygen atoms in total. The first-order valence-corrected chi connectivity index (χ1v) is 6.53. The molecule has 0 aliphatic heterocycles. The molecule has 2 rings (SSSR count). The predicted octanol–water partition coefficient (Wildman–Crippen LogP) is 3.76. The third kappa shape index (κ3) is 2.52. The van der Waals surface area contributed by atoms with Crippen LogP contribution in [0, 0.1) is 0 Å². The van der Waals surface area contributed by atoms with Crippen molar-refractivity contribution in [2.75, 3.05) is 0 Å². The van der Waals surface area contributed by atoms with E-state index in [-0.39, 0.29) is 6.04 Å². The number of fused-ring (bicyclic) bond motifs is 1. The van der Waals surface area contributed by atoms with Crippen molar-refractivity contribution < 1.29 is 0 Å². The van der Waals surface area contributed by atoms with Crippen LogP contribution in [0.15, 0.2) is 30.5 Å². The molecule has 2 heteroatoms. The first-order valence-electron chi connectivity index (χ1n) is 6.53. The molecule has 0 saturated carbocycles. The van der Waals surface area contributed by atoms with Gasteiger partial charge in [-0.2, -0.15) is 0 Å². The molecule has 17 heavy (non-hydrogen) atoms. The second-order valence-electron chi connectivity index (χ2n) is 4.81. The second kappa shape index (κ2) is 5.37. The lowest BCUT2D eigenvalue weighted by Gasteiger charge is -2.10. The van der Waals surface area contributed by atoms with Gasteiger partial charge in [0.1, 0.15) is 0 Å². The van der Waals surface area contributed by atoms with Crippen molar-refractivity contribution in [3.05, 3.63) is 36.0 Å². The number of aromatic nitrogens is 1. The molecule has 1 heterocycles. The Morgan fingerprint density at radius 2 is 2.00 bits per heavy atom. The van der Waals surface area contributed by atoms with Gasteiger partial charge in [0, 0.05) is 30.2 Å². The summed E-state index contributed by atoms with van der Waals surface area (Å²) < 4.78 is 2.17. The first kappa shape index (κ1) is 12.2. The molecule has 0 saturated heterocycles. The first-order chi connectivity index (χ1) is 8.24. The standard InChI is InChI=1S/C15H22N2/c1-3-4-5-9-14(16)13-11-17(2)15-10-7-6-8-12(13)15/h6-8,10-11,14H,3-5,9,16H2,1-2H3/t14-/m1/s1. The smallest absolute Gasteiger partial charge is 0.0481 e. The molecule has 92 valence electrons. The summed E-state index contributed by atoms with van der Waals surface area (Å²) in [4.78, 5) is 0. The van der Waals surface area contributed by atoms with Crippen molar-refractivity contribution in [1.29, 1.82) is 0 Å². The van der Waals surface area contributed by atoms with Gasteiger partial charge in [0.15, 0.2) is 0 Å². The van der Waals surface area contributed by atoms with E-state index in [1.54, 1.807) is 0 Å². The lowest BCUT2D eigenvalue weighted by molar-refractivity contribution is 0.583. The fourth-order valence-electron chi connectivity index (χ4n) is 2.44. The molecule has 0 amide bonds. The van der Waals surface area contributed by atoms with Crippen LogP contribution in [0.25, 0.3) is 10.9 Å². The average molecular weight is 230 g/mol. The second-order valence-corrected chi connectivity index (χ2v) is 4.81. The van der Waals surface area contributed by atoms with E-state index in [2.05, 4.69) is 49.0 Å². The van der Waals surface area contributed by atoms with E-state index in [4.69, 9.17) is 5.73 Å². The minimum absolute atomic E-state index is 0.174. The van der Waals surface area contributed by atoms with Gasteiger partial charge in [0.2, 0.25) is 0 Å². The largest absolute Gasteiger partial charge is 0.350 e. The van der Waals surface area contributed by atoms with Crippen LogP contribution in [0.5, 0.6) is 0 Å². The third-order valence-corrected chi connectivity index (χ3v) is 3.45. The van der Waals surface area contributed by atoms with Crippen molar-refractivity contribution in [1.82, 2.24) is 4.57 Å². The molecule has 2 N–H and O–H groups in total. The van der Waals surface area contributed by atoms with Gasteiger partial charge in [0.05, 0.1) is 0 Å². The van der Waals surface area contributed by atoms with Crippen molar-refractivity contribution in [2.45, 2.75) is 38.6 Å². The number of hydrogen-bond acceptors (Lipinski definition) is 1. The monoisotopic (exact) mass is 230 g/mol. The molecule has 0 aliphatic rings. The minimum Gasteiger partial charge on any atom is -0.350 e. The molecule has 0 aliphatic carbocycles. The Balaban J connectivity index is 2.23. The summed E-state index contributed by atoms with van der Waals surface area (Å²) in [6.45, 7) is 2.23. The van der Waals surface area contributed by atoms with E-state index in [9.17, 15) is 0 Å². The fourth-order valence-corrected chi connectivity index (χ4v) is 2.44. The summed E-state index contributed by atoms with van der Waals surface area (Å²) in [5.74, 6) is 0. The van der Waals surface area contributed by atoms with E-state index in [1.807, 2.05) is 0 Å². The van der Waals surface area contributed by atoms with E-state index in [0.717, 1.165) is 6.42 Å². The van der Waals surface area contributed by atoms with Gasteiger partial charge in [-0.25, -0.2) is 0 Å². The molecule has 2 aromatic rings. The quantitative estimate of drug-likeness (QED) is 0.779. The highest BCUT2D eigenvalue weighted by molar-refractivity contribution is 5.84. The van der Waals surface area contributed by atoms with Crippen molar-refractivity contribution in [2.24, 2.45) is 12.8 Å². The van der Waals surface area contributed by atoms with Crippen LogP contribution in [-0.4, -0.2) is 4.57 Å². The summed E-state index contributed by atoms with van der Waals surface area (Å²) in [5, 5.41) is 1.30. The third-order valence-electron chi connectivity index (χ3n) is 3.45. The van der Waals surface area contributed by atoms with Crippen LogP contribution in [0.1, 0.15) is 44.2 Å². The lowest BCUT2D eigenvalue weighted by atomic mass is 10.0. The molecule has 0 bridgehead atoms. The zero-order valence-corrected chi connectivity index (χ0v) is 10.8. The molecule has 1 atom stereocenters. The Labute approximate surface area is 103 Å². The highest BCUT2D eigenvalue weighted by Crippen LogP contribution is 2.27. The highest BCUT2D eigenvalue weighted by Gasteiger charge is 2.12. The van der Waals surface area contributed by atoms with Crippen LogP contribution in [0.4, 0.5) is 0 Å². The van der Waals surface area contributed by atoms with Gasteiger partial charge in [0.25, 0.3) is 0 Å². The Bertz CT molecular complexity index is 485. The molecule has 0 spiro atoms. The van der Waals surface area contributed by atoms with E-state index in [1.165, 1.54) is 35.7 Å².